The lowest BCUT2D eigenvalue weighted by molar-refractivity contribution is -0.140. The molecule has 0 radical (unpaired) electrons. The lowest BCUT2D eigenvalue weighted by Gasteiger charge is -2.29. The van der Waals surface area contributed by atoms with Crippen molar-refractivity contribution >= 4 is 30.0 Å². The molecule has 1 aliphatic heterocycles. The fraction of sp³-hybridized carbons (Fsp3) is 0.394. The Morgan fingerprint density at radius 1 is 0.956 bits per heavy atom. The summed E-state index contributed by atoms with van der Waals surface area (Å²) in [5.74, 6) is -0.314. The van der Waals surface area contributed by atoms with Crippen molar-refractivity contribution in [3.63, 3.8) is 0 Å². The van der Waals surface area contributed by atoms with Crippen molar-refractivity contribution in [3.8, 4) is 11.4 Å². The topological polar surface area (TPSA) is 100.0 Å². The molecule has 240 valence electrons. The Bertz CT molecular complexity index is 1630. The van der Waals surface area contributed by atoms with E-state index in [1.165, 1.54) is 10.6 Å². The van der Waals surface area contributed by atoms with Crippen LogP contribution in [-0.4, -0.2) is 43.8 Å². The van der Waals surface area contributed by atoms with Crippen molar-refractivity contribution in [2.45, 2.75) is 85.4 Å². The number of amides is 2. The van der Waals surface area contributed by atoms with Gasteiger partial charge in [0, 0.05) is 23.4 Å². The van der Waals surface area contributed by atoms with Crippen LogP contribution in [0.1, 0.15) is 94.2 Å². The second kappa shape index (κ2) is 12.1. The Morgan fingerprint density at radius 3 is 2.07 bits per heavy atom. The minimum absolute atomic E-state index is 0.0588. The number of carbonyl (C=O) groups excluding carboxylic acids is 3. The number of aromatic nitrogens is 2. The number of imide groups is 1. The predicted molar refractivity (Wildman–Crippen MR) is 161 cm³/mol. The van der Waals surface area contributed by atoms with E-state index in [4.69, 9.17) is 14.2 Å². The van der Waals surface area contributed by atoms with Gasteiger partial charge in [0.05, 0.1) is 12.1 Å². The number of benzene rings is 2. The fourth-order valence-electron chi connectivity index (χ4n) is 4.49. The largest absolute Gasteiger partial charge is 0.443 e. The first kappa shape index (κ1) is 33.3. The molecule has 45 heavy (non-hydrogen) atoms. The van der Waals surface area contributed by atoms with E-state index in [9.17, 15) is 27.6 Å². The molecule has 0 saturated carbocycles. The summed E-state index contributed by atoms with van der Waals surface area (Å²) in [6, 6.07) is 11.1. The summed E-state index contributed by atoms with van der Waals surface area (Å²) in [5.41, 5.74) is -0.981. The summed E-state index contributed by atoms with van der Waals surface area (Å²) in [5, 5.41) is 0. The van der Waals surface area contributed by atoms with Crippen LogP contribution in [0.3, 0.4) is 0 Å². The second-order valence-corrected chi connectivity index (χ2v) is 12.9. The highest BCUT2D eigenvalue weighted by molar-refractivity contribution is 6.05. The van der Waals surface area contributed by atoms with E-state index in [2.05, 4.69) is 4.98 Å². The van der Waals surface area contributed by atoms with Crippen LogP contribution in [-0.2, 0) is 26.9 Å². The van der Waals surface area contributed by atoms with Crippen LogP contribution < -0.4 is 0 Å². The summed E-state index contributed by atoms with van der Waals surface area (Å²) in [4.78, 5) is 43.8. The SMILES string of the molecule is CC(C)n1cc(C(F)(F)F)nc1-c1ccc(CN(C(=O)OC(C)(C)C)C(=O)OC(C)(C)C)c(/C=C2\OC(=O)c3ccccc32)c1. The third-order valence-electron chi connectivity index (χ3n) is 6.44. The molecule has 0 bridgehead atoms. The number of rotatable bonds is 5. The summed E-state index contributed by atoms with van der Waals surface area (Å²) >= 11 is 0. The Balaban J connectivity index is 1.89. The lowest BCUT2D eigenvalue weighted by atomic mass is 10.00. The van der Waals surface area contributed by atoms with Crippen LogP contribution in [0.25, 0.3) is 23.2 Å². The van der Waals surface area contributed by atoms with Crippen molar-refractivity contribution in [2.24, 2.45) is 0 Å². The van der Waals surface area contributed by atoms with Gasteiger partial charge in [0.1, 0.15) is 22.8 Å². The molecular formula is C33H36F3N3O6. The molecule has 0 spiro atoms. The number of esters is 1. The maximum atomic E-state index is 13.7. The van der Waals surface area contributed by atoms with Gasteiger partial charge in [-0.05, 0) is 84.7 Å². The monoisotopic (exact) mass is 627 g/mol. The zero-order valence-corrected chi connectivity index (χ0v) is 26.4. The highest BCUT2D eigenvalue weighted by Crippen LogP contribution is 2.36. The Kier molecular flexibility index (Phi) is 8.92. The van der Waals surface area contributed by atoms with Crippen molar-refractivity contribution in [1.82, 2.24) is 14.5 Å². The molecule has 0 saturated heterocycles. The minimum atomic E-state index is -4.66. The number of alkyl halides is 3. The predicted octanol–water partition coefficient (Wildman–Crippen LogP) is 8.49. The van der Waals surface area contributed by atoms with E-state index in [1.54, 1.807) is 97.9 Å². The second-order valence-electron chi connectivity index (χ2n) is 12.9. The molecule has 9 nitrogen and oxygen atoms in total. The molecule has 1 aromatic heterocycles. The van der Waals surface area contributed by atoms with Gasteiger partial charge >= 0.3 is 24.3 Å². The third kappa shape index (κ3) is 7.92. The molecule has 1 aliphatic rings. The van der Waals surface area contributed by atoms with E-state index in [1.807, 2.05) is 0 Å². The number of hydrogen-bond acceptors (Lipinski definition) is 7. The van der Waals surface area contributed by atoms with Crippen molar-refractivity contribution < 1.29 is 41.8 Å². The molecule has 3 aromatic rings. The fourth-order valence-corrected chi connectivity index (χ4v) is 4.49. The number of cyclic esters (lactones) is 1. The van der Waals surface area contributed by atoms with Gasteiger partial charge in [-0.25, -0.2) is 24.3 Å². The first-order valence-electron chi connectivity index (χ1n) is 14.3. The average molecular weight is 628 g/mol. The molecule has 0 unspecified atom stereocenters. The molecule has 0 atom stereocenters. The molecule has 0 N–H and O–H groups in total. The summed E-state index contributed by atoms with van der Waals surface area (Å²) < 4.78 is 58.9. The molecule has 4 rings (SSSR count). The van der Waals surface area contributed by atoms with Crippen LogP contribution >= 0.6 is 0 Å². The molecule has 12 heteroatoms. The Morgan fingerprint density at radius 2 is 1.53 bits per heavy atom. The van der Waals surface area contributed by atoms with Gasteiger partial charge in [0.25, 0.3) is 0 Å². The highest BCUT2D eigenvalue weighted by atomic mass is 19.4. The van der Waals surface area contributed by atoms with Crippen LogP contribution in [0, 0.1) is 0 Å². The number of imidazole rings is 1. The molecular weight excluding hydrogens is 591 g/mol. The number of hydrogen-bond donors (Lipinski definition) is 0. The molecule has 2 aromatic carbocycles. The maximum absolute atomic E-state index is 13.7. The van der Waals surface area contributed by atoms with Gasteiger partial charge in [0.2, 0.25) is 0 Å². The smallest absolute Gasteiger partial charge is 0.434 e. The van der Waals surface area contributed by atoms with Gasteiger partial charge in [-0.15, -0.1) is 0 Å². The van der Waals surface area contributed by atoms with Gasteiger partial charge in [-0.3, -0.25) is 0 Å². The number of ether oxygens (including phenoxy) is 3. The first-order chi connectivity index (χ1) is 20.7. The van der Waals surface area contributed by atoms with Crippen LogP contribution in [0.15, 0.2) is 48.7 Å². The van der Waals surface area contributed by atoms with E-state index >= 15 is 0 Å². The number of halogens is 3. The Labute approximate surface area is 259 Å². The van der Waals surface area contributed by atoms with Crippen molar-refractivity contribution in [3.05, 3.63) is 76.6 Å². The summed E-state index contributed by atoms with van der Waals surface area (Å²) in [6.07, 6.45) is -4.08. The molecule has 2 amide bonds. The maximum Gasteiger partial charge on any atom is 0.434 e. The lowest BCUT2D eigenvalue weighted by Crippen LogP contribution is -2.43. The van der Waals surface area contributed by atoms with Gasteiger partial charge in [-0.1, -0.05) is 30.3 Å². The summed E-state index contributed by atoms with van der Waals surface area (Å²) in [7, 11) is 0. The minimum Gasteiger partial charge on any atom is -0.443 e. The van der Waals surface area contributed by atoms with E-state index in [0.717, 1.165) is 11.1 Å². The standard InChI is InChI=1S/C33H36F3N3O6/c1-19(2)38-18-26(33(34,35)36)37-27(38)20-13-14-21(17-39(29(41)44-31(3,4)5)30(42)45-32(6,7)8)22(15-20)16-25-23-11-9-10-12-24(23)28(40)43-25/h9-16,18-19H,17H2,1-8H3/b25-16-. The van der Waals surface area contributed by atoms with E-state index < -0.39 is 41.2 Å². The number of nitrogens with zero attached hydrogens (tertiary/aromatic N) is 3. The normalized spacial score (nSPS) is 14.4. The van der Waals surface area contributed by atoms with Gasteiger partial charge in [-0.2, -0.15) is 13.2 Å². The zero-order chi connectivity index (χ0) is 33.5. The van der Waals surface area contributed by atoms with Crippen LogP contribution in [0.5, 0.6) is 0 Å². The van der Waals surface area contributed by atoms with Crippen LogP contribution in [0.4, 0.5) is 22.8 Å². The quantitative estimate of drug-likeness (QED) is 0.207. The highest BCUT2D eigenvalue weighted by Gasteiger charge is 2.36. The molecule has 0 fully saturated rings. The number of fused-ring (bicyclic) bond motifs is 1. The third-order valence-corrected chi connectivity index (χ3v) is 6.44. The van der Waals surface area contributed by atoms with Crippen molar-refractivity contribution in [1.29, 1.82) is 0 Å². The first-order valence-corrected chi connectivity index (χ1v) is 14.3. The van der Waals surface area contributed by atoms with Crippen LogP contribution in [0.2, 0.25) is 0 Å². The van der Waals surface area contributed by atoms with Gasteiger partial charge < -0.3 is 18.8 Å². The molecule has 2 heterocycles. The van der Waals surface area contributed by atoms with Crippen molar-refractivity contribution in [2.75, 3.05) is 0 Å². The zero-order valence-electron chi connectivity index (χ0n) is 26.4. The molecule has 0 aliphatic carbocycles. The van der Waals surface area contributed by atoms with Gasteiger partial charge in [0.15, 0.2) is 5.69 Å². The van der Waals surface area contributed by atoms with E-state index in [0.29, 0.717) is 27.8 Å². The summed E-state index contributed by atoms with van der Waals surface area (Å²) in [6.45, 7) is 13.1. The average Bonchev–Trinajstić information content (AvgIpc) is 3.48. The van der Waals surface area contributed by atoms with E-state index in [-0.39, 0.29) is 24.2 Å². The Hall–Kier alpha value is -4.61. The number of carbonyl (C=O) groups is 3.